The lowest BCUT2D eigenvalue weighted by Crippen LogP contribution is -2.33. The van der Waals surface area contributed by atoms with Gasteiger partial charge in [0.05, 0.1) is 18.3 Å². The van der Waals surface area contributed by atoms with Gasteiger partial charge in [0.1, 0.15) is 17.9 Å². The Hall–Kier alpha value is -2.90. The van der Waals surface area contributed by atoms with Crippen LogP contribution in [0.4, 0.5) is 10.5 Å². The predicted octanol–water partition coefficient (Wildman–Crippen LogP) is 3.17. The molecule has 0 unspecified atom stereocenters. The van der Waals surface area contributed by atoms with Gasteiger partial charge in [-0.05, 0) is 45.4 Å². The van der Waals surface area contributed by atoms with Crippen molar-refractivity contribution in [1.82, 2.24) is 20.1 Å². The second-order valence-corrected chi connectivity index (χ2v) is 5.86. The minimum atomic E-state index is -0.412. The maximum absolute atomic E-state index is 12.4. The van der Waals surface area contributed by atoms with Crippen LogP contribution in [-0.4, -0.2) is 33.2 Å². The first-order valence-corrected chi connectivity index (χ1v) is 8.69. The van der Waals surface area contributed by atoms with Crippen molar-refractivity contribution in [3.63, 3.8) is 0 Å². The third-order valence-electron chi connectivity index (χ3n) is 3.75. The van der Waals surface area contributed by atoms with Gasteiger partial charge in [0, 0.05) is 12.1 Å². The van der Waals surface area contributed by atoms with Gasteiger partial charge in [0.15, 0.2) is 5.78 Å². The van der Waals surface area contributed by atoms with Gasteiger partial charge in [-0.1, -0.05) is 6.92 Å². The Bertz CT molecular complexity index is 772. The van der Waals surface area contributed by atoms with Gasteiger partial charge in [-0.15, -0.1) is 0 Å². The number of amides is 2. The van der Waals surface area contributed by atoms with Crippen molar-refractivity contribution < 1.29 is 14.3 Å². The van der Waals surface area contributed by atoms with Crippen molar-refractivity contribution in [2.24, 2.45) is 0 Å². The molecule has 8 nitrogen and oxygen atoms in total. The first-order valence-electron chi connectivity index (χ1n) is 8.69. The topological polar surface area (TPSA) is 98.1 Å². The molecule has 0 aliphatic carbocycles. The van der Waals surface area contributed by atoms with Crippen molar-refractivity contribution in [2.75, 3.05) is 11.9 Å². The van der Waals surface area contributed by atoms with E-state index in [0.29, 0.717) is 29.4 Å². The van der Waals surface area contributed by atoms with Crippen molar-refractivity contribution in [3.05, 3.63) is 35.9 Å². The van der Waals surface area contributed by atoms with Crippen LogP contribution in [0.3, 0.4) is 0 Å². The SMILES string of the molecule is CCCn1ncnc1[C@H](C)NC(=O)Nc1cc(C(C)=O)ccc1OCC. The Morgan fingerprint density at radius 3 is 2.73 bits per heavy atom. The Morgan fingerprint density at radius 2 is 2.08 bits per heavy atom. The van der Waals surface area contributed by atoms with Crippen molar-refractivity contribution in [3.8, 4) is 5.75 Å². The zero-order valence-corrected chi connectivity index (χ0v) is 15.6. The largest absolute Gasteiger partial charge is 0.492 e. The molecular weight excluding hydrogens is 334 g/mol. The van der Waals surface area contributed by atoms with E-state index in [0.717, 1.165) is 13.0 Å². The summed E-state index contributed by atoms with van der Waals surface area (Å²) in [6.45, 7) is 8.40. The molecule has 2 rings (SSSR count). The van der Waals surface area contributed by atoms with Crippen molar-refractivity contribution >= 4 is 17.5 Å². The number of aryl methyl sites for hydroxylation is 1. The molecule has 0 spiro atoms. The van der Waals surface area contributed by atoms with Gasteiger partial charge in [0.25, 0.3) is 0 Å². The predicted molar refractivity (Wildman–Crippen MR) is 98.5 cm³/mol. The summed E-state index contributed by atoms with van der Waals surface area (Å²) in [4.78, 5) is 28.2. The number of carbonyl (C=O) groups is 2. The highest BCUT2D eigenvalue weighted by Crippen LogP contribution is 2.26. The minimum absolute atomic E-state index is 0.0856. The number of Topliss-reactive ketones (excluding diaryl/α,β-unsaturated/α-hetero) is 1. The van der Waals surface area contributed by atoms with Crippen LogP contribution in [-0.2, 0) is 6.54 Å². The monoisotopic (exact) mass is 359 g/mol. The number of nitrogens with one attached hydrogen (secondary N) is 2. The van der Waals surface area contributed by atoms with E-state index in [1.807, 2.05) is 20.8 Å². The maximum atomic E-state index is 12.4. The van der Waals surface area contributed by atoms with Crippen LogP contribution in [0.2, 0.25) is 0 Å². The molecule has 1 heterocycles. The third kappa shape index (κ3) is 4.81. The molecule has 2 aromatic rings. The van der Waals surface area contributed by atoms with Crippen LogP contribution < -0.4 is 15.4 Å². The highest BCUT2D eigenvalue weighted by atomic mass is 16.5. The molecule has 2 N–H and O–H groups in total. The number of ether oxygens (including phenoxy) is 1. The summed E-state index contributed by atoms with van der Waals surface area (Å²) in [6.07, 6.45) is 2.40. The van der Waals surface area contributed by atoms with E-state index in [-0.39, 0.29) is 11.8 Å². The van der Waals surface area contributed by atoms with Gasteiger partial charge < -0.3 is 15.4 Å². The first-order chi connectivity index (χ1) is 12.5. The average Bonchev–Trinajstić information content (AvgIpc) is 3.05. The minimum Gasteiger partial charge on any atom is -0.492 e. The number of benzene rings is 1. The number of carbonyl (C=O) groups excluding carboxylic acids is 2. The van der Waals surface area contributed by atoms with Gasteiger partial charge >= 0.3 is 6.03 Å². The van der Waals surface area contributed by atoms with E-state index in [1.165, 1.54) is 13.3 Å². The van der Waals surface area contributed by atoms with E-state index >= 15 is 0 Å². The smallest absolute Gasteiger partial charge is 0.319 e. The number of aromatic nitrogens is 3. The normalized spacial score (nSPS) is 11.7. The van der Waals surface area contributed by atoms with Gasteiger partial charge in [-0.25, -0.2) is 14.5 Å². The lowest BCUT2D eigenvalue weighted by molar-refractivity contribution is 0.101. The summed E-state index contributed by atoms with van der Waals surface area (Å²) < 4.78 is 7.29. The van der Waals surface area contributed by atoms with Crippen LogP contribution in [0.15, 0.2) is 24.5 Å². The van der Waals surface area contributed by atoms with E-state index in [1.54, 1.807) is 22.9 Å². The van der Waals surface area contributed by atoms with Gasteiger partial charge in [0.2, 0.25) is 0 Å². The van der Waals surface area contributed by atoms with Crippen LogP contribution in [0.1, 0.15) is 56.3 Å². The number of anilines is 1. The second kappa shape index (κ2) is 8.98. The standard InChI is InChI=1S/C18H25N5O3/c1-5-9-23-17(19-11-20-23)12(3)21-18(25)22-15-10-14(13(4)24)7-8-16(15)26-6-2/h7-8,10-12H,5-6,9H2,1-4H3,(H2,21,22,25)/t12-/m0/s1. The molecule has 0 saturated carbocycles. The Kier molecular flexibility index (Phi) is 6.71. The number of ketones is 1. The maximum Gasteiger partial charge on any atom is 0.319 e. The number of nitrogens with zero attached hydrogens (tertiary/aromatic N) is 3. The molecule has 2 amide bonds. The fraction of sp³-hybridized carbons (Fsp3) is 0.444. The molecule has 0 aliphatic rings. The molecule has 8 heteroatoms. The molecular formula is C18H25N5O3. The van der Waals surface area contributed by atoms with Crippen molar-refractivity contribution in [1.29, 1.82) is 0 Å². The summed E-state index contributed by atoms with van der Waals surface area (Å²) in [5.74, 6) is 1.11. The molecule has 0 bridgehead atoms. The van der Waals surface area contributed by atoms with E-state index in [2.05, 4.69) is 20.7 Å². The fourth-order valence-electron chi connectivity index (χ4n) is 2.54. The first kappa shape index (κ1) is 19.4. The lowest BCUT2D eigenvalue weighted by atomic mass is 10.1. The fourth-order valence-corrected chi connectivity index (χ4v) is 2.54. The second-order valence-electron chi connectivity index (χ2n) is 5.86. The highest BCUT2D eigenvalue weighted by Gasteiger charge is 2.17. The lowest BCUT2D eigenvalue weighted by Gasteiger charge is -2.17. The zero-order chi connectivity index (χ0) is 19.1. The summed E-state index contributed by atoms with van der Waals surface area (Å²) >= 11 is 0. The quantitative estimate of drug-likeness (QED) is 0.706. The summed E-state index contributed by atoms with van der Waals surface area (Å²) in [5.41, 5.74) is 0.943. The average molecular weight is 359 g/mol. The number of hydrogen-bond donors (Lipinski definition) is 2. The molecule has 1 aromatic heterocycles. The number of urea groups is 1. The highest BCUT2D eigenvalue weighted by molar-refractivity contribution is 5.98. The summed E-state index contributed by atoms with van der Waals surface area (Å²) in [6, 6.07) is 4.22. The molecule has 26 heavy (non-hydrogen) atoms. The van der Waals surface area contributed by atoms with E-state index in [9.17, 15) is 9.59 Å². The van der Waals surface area contributed by atoms with Gasteiger partial charge in [-0.2, -0.15) is 5.10 Å². The molecule has 0 aliphatic heterocycles. The molecule has 0 fully saturated rings. The Labute approximate surface area is 153 Å². The molecule has 1 atom stereocenters. The van der Waals surface area contributed by atoms with E-state index in [4.69, 9.17) is 4.74 Å². The van der Waals surface area contributed by atoms with Crippen molar-refractivity contribution in [2.45, 2.75) is 46.7 Å². The van der Waals surface area contributed by atoms with E-state index < -0.39 is 6.03 Å². The zero-order valence-electron chi connectivity index (χ0n) is 15.6. The molecule has 1 aromatic carbocycles. The van der Waals surface area contributed by atoms with Crippen LogP contribution in [0.5, 0.6) is 5.75 Å². The molecule has 0 saturated heterocycles. The number of hydrogen-bond acceptors (Lipinski definition) is 5. The summed E-state index contributed by atoms with van der Waals surface area (Å²) in [7, 11) is 0. The summed E-state index contributed by atoms with van der Waals surface area (Å²) in [5, 5.41) is 9.75. The number of rotatable bonds is 8. The van der Waals surface area contributed by atoms with Gasteiger partial charge in [-0.3, -0.25) is 4.79 Å². The Balaban J connectivity index is 2.12. The molecule has 140 valence electrons. The van der Waals surface area contributed by atoms with Crippen LogP contribution >= 0.6 is 0 Å². The molecule has 0 radical (unpaired) electrons. The Morgan fingerprint density at radius 1 is 1.31 bits per heavy atom. The van der Waals surface area contributed by atoms with Crippen LogP contribution in [0, 0.1) is 0 Å². The third-order valence-corrected chi connectivity index (χ3v) is 3.75. The van der Waals surface area contributed by atoms with Crippen LogP contribution in [0.25, 0.3) is 0 Å².